The molecular formula is C26H37N3O3S. The monoisotopic (exact) mass is 471 g/mol. The molecule has 0 radical (unpaired) electrons. The van der Waals surface area contributed by atoms with E-state index in [9.17, 15) is 14.7 Å². The Morgan fingerprint density at radius 2 is 1.88 bits per heavy atom. The minimum absolute atomic E-state index is 0.00339. The molecule has 4 saturated carbocycles. The van der Waals surface area contributed by atoms with Gasteiger partial charge in [0.05, 0.1) is 12.0 Å². The van der Waals surface area contributed by atoms with Gasteiger partial charge in [-0.25, -0.2) is 4.98 Å². The molecular weight excluding hydrogens is 434 g/mol. The van der Waals surface area contributed by atoms with Crippen molar-refractivity contribution in [2.75, 3.05) is 18.8 Å². The van der Waals surface area contributed by atoms with E-state index in [2.05, 4.69) is 17.6 Å². The summed E-state index contributed by atoms with van der Waals surface area (Å²) in [5, 5.41) is 17.2. The van der Waals surface area contributed by atoms with Crippen LogP contribution in [0.15, 0.2) is 17.2 Å². The van der Waals surface area contributed by atoms with Crippen LogP contribution in [0.3, 0.4) is 0 Å². The second kappa shape index (κ2) is 9.21. The van der Waals surface area contributed by atoms with Crippen LogP contribution in [0, 0.1) is 17.8 Å². The molecule has 0 aromatic carbocycles. The molecule has 5 aliphatic rings. The number of aromatic nitrogens is 1. The first-order chi connectivity index (χ1) is 15.9. The normalized spacial score (nSPS) is 34.9. The lowest BCUT2D eigenvalue weighted by molar-refractivity contribution is -0.138. The summed E-state index contributed by atoms with van der Waals surface area (Å²) in [6.45, 7) is 3.65. The highest BCUT2D eigenvalue weighted by molar-refractivity contribution is 7.99. The second-order valence-electron chi connectivity index (χ2n) is 11.2. The molecule has 33 heavy (non-hydrogen) atoms. The van der Waals surface area contributed by atoms with Crippen molar-refractivity contribution in [3.63, 3.8) is 0 Å². The predicted octanol–water partition coefficient (Wildman–Crippen LogP) is 4.38. The van der Waals surface area contributed by atoms with E-state index in [1.807, 2.05) is 12.1 Å². The molecule has 4 bridgehead atoms. The minimum Gasteiger partial charge on any atom is -0.481 e. The van der Waals surface area contributed by atoms with E-state index in [1.165, 1.54) is 19.3 Å². The highest BCUT2D eigenvalue weighted by atomic mass is 32.2. The van der Waals surface area contributed by atoms with Crippen LogP contribution in [0.4, 0.5) is 0 Å². The molecule has 1 aromatic rings. The third-order valence-corrected chi connectivity index (χ3v) is 9.67. The number of nitrogens with zero attached hydrogens (tertiary/aromatic N) is 1. The number of carboxylic acids is 1. The Morgan fingerprint density at radius 3 is 2.45 bits per heavy atom. The number of aliphatic carboxylic acids is 1. The molecule has 1 saturated heterocycles. The average Bonchev–Trinajstić information content (AvgIpc) is 2.76. The summed E-state index contributed by atoms with van der Waals surface area (Å²) in [6.07, 6.45) is 10.2. The van der Waals surface area contributed by atoms with Gasteiger partial charge < -0.3 is 15.7 Å². The van der Waals surface area contributed by atoms with Crippen molar-refractivity contribution in [2.24, 2.45) is 17.8 Å². The summed E-state index contributed by atoms with van der Waals surface area (Å²) in [5.41, 5.74) is 0.916. The van der Waals surface area contributed by atoms with Crippen molar-refractivity contribution in [3.05, 3.63) is 23.4 Å². The molecule has 0 unspecified atom stereocenters. The van der Waals surface area contributed by atoms with Crippen LogP contribution in [0.2, 0.25) is 0 Å². The highest BCUT2D eigenvalue weighted by Crippen LogP contribution is 2.55. The number of pyridine rings is 1. The Labute approximate surface area is 201 Å². The Kier molecular flexibility index (Phi) is 6.47. The molecule has 5 fully saturated rings. The number of carbonyl (C=O) groups is 2. The molecule has 6 nitrogen and oxygen atoms in total. The molecule has 1 aliphatic heterocycles. The van der Waals surface area contributed by atoms with Gasteiger partial charge in [0.25, 0.3) is 5.91 Å². The van der Waals surface area contributed by atoms with E-state index in [-0.39, 0.29) is 17.9 Å². The Bertz CT molecular complexity index is 877. The van der Waals surface area contributed by atoms with Gasteiger partial charge in [0.2, 0.25) is 0 Å². The minimum atomic E-state index is -0.799. The average molecular weight is 472 g/mol. The van der Waals surface area contributed by atoms with Crippen molar-refractivity contribution in [1.29, 1.82) is 0 Å². The maximum absolute atomic E-state index is 13.6. The van der Waals surface area contributed by atoms with E-state index in [0.717, 1.165) is 79.3 Å². The molecule has 2 heterocycles. The number of carboxylic acid groups (broad SMARTS) is 1. The van der Waals surface area contributed by atoms with Gasteiger partial charge in [0, 0.05) is 23.2 Å². The van der Waals surface area contributed by atoms with Crippen LogP contribution in [-0.2, 0) is 10.2 Å². The standard InChI is InChI=1S/C26H37N3O3S/c1-2-8-33-24-20(4-5-21(28-24)25(15-22(30)31)6-3-7-27-16-25)23(32)29-26-12-17-9-18(13-26)11-19(10-17)14-26/h4-5,17-19,27H,2-3,6-16H2,1H3,(H,29,32)(H,30,31)/t17?,18?,19?,25-,26?/m0/s1. The molecule has 1 amide bonds. The lowest BCUT2D eigenvalue weighted by Crippen LogP contribution is -2.59. The van der Waals surface area contributed by atoms with Gasteiger partial charge in [-0.05, 0) is 100.0 Å². The van der Waals surface area contributed by atoms with Crippen LogP contribution in [0.25, 0.3) is 0 Å². The second-order valence-corrected chi connectivity index (χ2v) is 12.3. The fraction of sp³-hybridized carbons (Fsp3) is 0.731. The number of hydrogen-bond donors (Lipinski definition) is 3. The van der Waals surface area contributed by atoms with Gasteiger partial charge in [0.1, 0.15) is 5.03 Å². The zero-order valence-corrected chi connectivity index (χ0v) is 20.5. The zero-order valence-electron chi connectivity index (χ0n) is 19.7. The maximum Gasteiger partial charge on any atom is 0.304 e. The summed E-state index contributed by atoms with van der Waals surface area (Å²) < 4.78 is 0. The molecule has 1 atom stereocenters. The molecule has 3 N–H and O–H groups in total. The Balaban J connectivity index is 1.42. The van der Waals surface area contributed by atoms with Crippen molar-refractivity contribution in [1.82, 2.24) is 15.6 Å². The number of piperidine rings is 1. The summed E-state index contributed by atoms with van der Waals surface area (Å²) >= 11 is 1.62. The fourth-order valence-electron chi connectivity index (χ4n) is 7.51. The summed E-state index contributed by atoms with van der Waals surface area (Å²) in [5.74, 6) is 2.43. The summed E-state index contributed by atoms with van der Waals surface area (Å²) in [7, 11) is 0. The first-order valence-electron chi connectivity index (χ1n) is 12.8. The SMILES string of the molecule is CCCSc1nc([C@]2(CC(=O)O)CCCNC2)ccc1C(=O)NC12CC3CC(CC(C3)C1)C2. The zero-order chi connectivity index (χ0) is 23.1. The Hall–Kier alpha value is -1.60. The number of nitrogens with one attached hydrogen (secondary N) is 2. The van der Waals surface area contributed by atoms with Crippen molar-refractivity contribution in [2.45, 2.75) is 87.1 Å². The maximum atomic E-state index is 13.6. The van der Waals surface area contributed by atoms with Gasteiger partial charge in [-0.15, -0.1) is 11.8 Å². The van der Waals surface area contributed by atoms with Crippen molar-refractivity contribution >= 4 is 23.6 Å². The Morgan fingerprint density at radius 1 is 1.18 bits per heavy atom. The van der Waals surface area contributed by atoms with Gasteiger partial charge in [-0.2, -0.15) is 0 Å². The number of hydrogen-bond acceptors (Lipinski definition) is 5. The quantitative estimate of drug-likeness (QED) is 0.488. The van der Waals surface area contributed by atoms with Gasteiger partial charge in [0.15, 0.2) is 0 Å². The van der Waals surface area contributed by atoms with Gasteiger partial charge >= 0.3 is 5.97 Å². The third kappa shape index (κ3) is 4.68. The van der Waals surface area contributed by atoms with Crippen LogP contribution in [-0.4, -0.2) is 46.3 Å². The highest BCUT2D eigenvalue weighted by Gasteiger charge is 2.51. The summed E-state index contributed by atoms with van der Waals surface area (Å²) in [4.78, 5) is 30.3. The number of rotatable bonds is 8. The van der Waals surface area contributed by atoms with E-state index >= 15 is 0 Å². The van der Waals surface area contributed by atoms with Crippen molar-refractivity contribution in [3.8, 4) is 0 Å². The van der Waals surface area contributed by atoms with E-state index in [0.29, 0.717) is 12.1 Å². The van der Waals surface area contributed by atoms with Crippen LogP contribution < -0.4 is 10.6 Å². The molecule has 0 spiro atoms. The first kappa shape index (κ1) is 23.2. The molecule has 1 aromatic heterocycles. The first-order valence-corrected chi connectivity index (χ1v) is 13.8. The van der Waals surface area contributed by atoms with Crippen molar-refractivity contribution < 1.29 is 14.7 Å². The number of amides is 1. The lowest BCUT2D eigenvalue weighted by Gasteiger charge is -2.56. The van der Waals surface area contributed by atoms with Crippen LogP contribution in [0.1, 0.15) is 87.2 Å². The topological polar surface area (TPSA) is 91.3 Å². The van der Waals surface area contributed by atoms with E-state index in [1.54, 1.807) is 11.8 Å². The number of carbonyl (C=O) groups excluding carboxylic acids is 1. The summed E-state index contributed by atoms with van der Waals surface area (Å²) in [6, 6.07) is 3.83. The largest absolute Gasteiger partial charge is 0.481 e. The molecule has 6 rings (SSSR count). The molecule has 7 heteroatoms. The van der Waals surface area contributed by atoms with Gasteiger partial charge in [-0.3, -0.25) is 9.59 Å². The van der Waals surface area contributed by atoms with Crippen LogP contribution >= 0.6 is 11.8 Å². The lowest BCUT2D eigenvalue weighted by atomic mass is 9.53. The van der Waals surface area contributed by atoms with Crippen LogP contribution in [0.5, 0.6) is 0 Å². The third-order valence-electron chi connectivity index (χ3n) is 8.47. The fourth-order valence-corrected chi connectivity index (χ4v) is 8.38. The van der Waals surface area contributed by atoms with Gasteiger partial charge in [-0.1, -0.05) is 6.92 Å². The van der Waals surface area contributed by atoms with E-state index in [4.69, 9.17) is 4.98 Å². The predicted molar refractivity (Wildman–Crippen MR) is 130 cm³/mol. The molecule has 180 valence electrons. The number of thioether (sulfide) groups is 1. The van der Waals surface area contributed by atoms with E-state index < -0.39 is 11.4 Å². The smallest absolute Gasteiger partial charge is 0.304 e. The molecule has 4 aliphatic carbocycles.